The van der Waals surface area contributed by atoms with Crippen molar-refractivity contribution >= 4 is 23.6 Å². The van der Waals surface area contributed by atoms with E-state index in [1.807, 2.05) is 0 Å². The van der Waals surface area contributed by atoms with E-state index in [9.17, 15) is 9.59 Å². The molecule has 0 radical (unpaired) electrons. The quantitative estimate of drug-likeness (QED) is 0.613. The van der Waals surface area contributed by atoms with Crippen LogP contribution in [0.3, 0.4) is 0 Å². The molecular weight excluding hydrogens is 272 g/mol. The Kier molecular flexibility index (Phi) is 5.95. The number of rotatable bonds is 6. The van der Waals surface area contributed by atoms with Crippen LogP contribution in [0.15, 0.2) is 18.2 Å². The maximum Gasteiger partial charge on any atom is 0.341 e. The van der Waals surface area contributed by atoms with Crippen LogP contribution in [-0.4, -0.2) is 32.3 Å². The summed E-state index contributed by atoms with van der Waals surface area (Å²) in [7, 11) is 1.44. The summed E-state index contributed by atoms with van der Waals surface area (Å²) in [5.74, 6) is -0.152. The highest BCUT2D eigenvalue weighted by atomic mass is 35.5. The van der Waals surface area contributed by atoms with Crippen molar-refractivity contribution in [1.29, 1.82) is 0 Å². The second kappa shape index (κ2) is 7.48. The first-order valence-electron chi connectivity index (χ1n) is 5.58. The number of halogens is 1. The smallest absolute Gasteiger partial charge is 0.341 e. The van der Waals surface area contributed by atoms with Crippen molar-refractivity contribution in [1.82, 2.24) is 5.32 Å². The second-order valence-electron chi connectivity index (χ2n) is 3.63. The van der Waals surface area contributed by atoms with Gasteiger partial charge < -0.3 is 20.5 Å². The first kappa shape index (κ1) is 15.1. The SMILES string of the molecule is COc1cc(Cl)ccc1C(=O)OCCCNC(N)=O. The van der Waals surface area contributed by atoms with Gasteiger partial charge in [0, 0.05) is 11.6 Å². The standard InChI is InChI=1S/C12H15ClN2O4/c1-18-10-7-8(13)3-4-9(10)11(16)19-6-2-5-15-12(14)17/h3-4,7H,2,5-6H2,1H3,(H3,14,15,17). The minimum atomic E-state index is -0.606. The Labute approximate surface area is 115 Å². The Morgan fingerprint density at radius 1 is 1.42 bits per heavy atom. The summed E-state index contributed by atoms with van der Waals surface area (Å²) < 4.78 is 10.1. The van der Waals surface area contributed by atoms with Gasteiger partial charge in [-0.25, -0.2) is 9.59 Å². The second-order valence-corrected chi connectivity index (χ2v) is 4.06. The van der Waals surface area contributed by atoms with Gasteiger partial charge in [0.05, 0.1) is 13.7 Å². The van der Waals surface area contributed by atoms with Crippen molar-refractivity contribution in [3.8, 4) is 5.75 Å². The molecule has 0 saturated carbocycles. The van der Waals surface area contributed by atoms with Crippen molar-refractivity contribution in [3.05, 3.63) is 28.8 Å². The molecule has 6 nitrogen and oxygen atoms in total. The van der Waals surface area contributed by atoms with E-state index >= 15 is 0 Å². The summed E-state index contributed by atoms with van der Waals surface area (Å²) in [5.41, 5.74) is 5.19. The lowest BCUT2D eigenvalue weighted by atomic mass is 10.2. The van der Waals surface area contributed by atoms with Gasteiger partial charge in [-0.1, -0.05) is 11.6 Å². The number of primary amides is 1. The summed E-state index contributed by atoms with van der Waals surface area (Å²) in [6.45, 7) is 0.519. The van der Waals surface area contributed by atoms with E-state index in [1.165, 1.54) is 19.2 Å². The number of carbonyl (C=O) groups is 2. The zero-order chi connectivity index (χ0) is 14.3. The number of benzene rings is 1. The minimum Gasteiger partial charge on any atom is -0.496 e. The first-order valence-corrected chi connectivity index (χ1v) is 5.96. The molecule has 3 N–H and O–H groups in total. The molecule has 0 spiro atoms. The molecule has 0 heterocycles. The van der Waals surface area contributed by atoms with E-state index in [2.05, 4.69) is 5.32 Å². The van der Waals surface area contributed by atoms with Gasteiger partial charge in [-0.05, 0) is 24.6 Å². The van der Waals surface area contributed by atoms with Gasteiger partial charge in [0.15, 0.2) is 0 Å². The number of hydrogen-bond acceptors (Lipinski definition) is 4. The van der Waals surface area contributed by atoms with E-state index in [1.54, 1.807) is 6.07 Å². The number of carbonyl (C=O) groups excluding carboxylic acids is 2. The summed E-state index contributed by atoms with van der Waals surface area (Å²) in [4.78, 5) is 22.2. The highest BCUT2D eigenvalue weighted by molar-refractivity contribution is 6.30. The van der Waals surface area contributed by atoms with Crippen LogP contribution in [0.2, 0.25) is 5.02 Å². The third-order valence-corrected chi connectivity index (χ3v) is 2.47. The maximum atomic E-state index is 11.8. The Morgan fingerprint density at radius 3 is 2.79 bits per heavy atom. The number of amides is 2. The van der Waals surface area contributed by atoms with Gasteiger partial charge in [-0.3, -0.25) is 0 Å². The topological polar surface area (TPSA) is 90.7 Å². The summed E-state index contributed by atoms with van der Waals surface area (Å²) in [6.07, 6.45) is 0.477. The van der Waals surface area contributed by atoms with Crippen molar-refractivity contribution in [2.75, 3.05) is 20.3 Å². The fourth-order valence-electron chi connectivity index (χ4n) is 1.36. The van der Waals surface area contributed by atoms with Gasteiger partial charge >= 0.3 is 12.0 Å². The number of esters is 1. The number of ether oxygens (including phenoxy) is 2. The average Bonchev–Trinajstić information content (AvgIpc) is 2.37. The number of nitrogens with one attached hydrogen (secondary N) is 1. The van der Waals surface area contributed by atoms with Crippen molar-refractivity contribution < 1.29 is 19.1 Å². The van der Waals surface area contributed by atoms with E-state index in [-0.39, 0.29) is 6.61 Å². The van der Waals surface area contributed by atoms with E-state index < -0.39 is 12.0 Å². The van der Waals surface area contributed by atoms with Crippen molar-refractivity contribution in [2.24, 2.45) is 5.73 Å². The lowest BCUT2D eigenvalue weighted by Gasteiger charge is -2.09. The number of hydrogen-bond donors (Lipinski definition) is 2. The Hall–Kier alpha value is -1.95. The molecule has 0 saturated heterocycles. The van der Waals surface area contributed by atoms with Crippen LogP contribution in [0, 0.1) is 0 Å². The van der Waals surface area contributed by atoms with Crippen LogP contribution in [0.25, 0.3) is 0 Å². The molecule has 7 heteroatoms. The molecule has 104 valence electrons. The van der Waals surface area contributed by atoms with Gasteiger partial charge in [-0.15, -0.1) is 0 Å². The third kappa shape index (κ3) is 5.05. The summed E-state index contributed by atoms with van der Waals surface area (Å²) in [6, 6.07) is 4.04. The minimum absolute atomic E-state index is 0.172. The molecule has 0 fully saturated rings. The largest absolute Gasteiger partial charge is 0.496 e. The highest BCUT2D eigenvalue weighted by Gasteiger charge is 2.13. The van der Waals surface area contributed by atoms with Crippen molar-refractivity contribution in [3.63, 3.8) is 0 Å². The van der Waals surface area contributed by atoms with Gasteiger partial charge in [-0.2, -0.15) is 0 Å². The molecule has 0 unspecified atom stereocenters. The zero-order valence-corrected chi connectivity index (χ0v) is 11.2. The fourth-order valence-corrected chi connectivity index (χ4v) is 1.52. The number of methoxy groups -OCH3 is 1. The van der Waals surface area contributed by atoms with E-state index in [4.69, 9.17) is 26.8 Å². The third-order valence-electron chi connectivity index (χ3n) is 2.24. The lowest BCUT2D eigenvalue weighted by Crippen LogP contribution is -2.30. The molecular formula is C12H15ClN2O4. The van der Waals surface area contributed by atoms with Gasteiger partial charge in [0.2, 0.25) is 0 Å². The predicted octanol–water partition coefficient (Wildman–Crippen LogP) is 1.56. The summed E-state index contributed by atoms with van der Waals surface area (Å²) in [5, 5.41) is 2.87. The zero-order valence-electron chi connectivity index (χ0n) is 10.4. The monoisotopic (exact) mass is 286 g/mol. The average molecular weight is 287 g/mol. The maximum absolute atomic E-state index is 11.8. The van der Waals surface area contributed by atoms with Crippen LogP contribution in [0.1, 0.15) is 16.8 Å². The molecule has 1 rings (SSSR count). The molecule has 0 aliphatic carbocycles. The van der Waals surface area contributed by atoms with E-state index in [0.29, 0.717) is 29.3 Å². The van der Waals surface area contributed by atoms with Crippen LogP contribution < -0.4 is 15.8 Å². The van der Waals surface area contributed by atoms with Crippen molar-refractivity contribution in [2.45, 2.75) is 6.42 Å². The molecule has 0 aromatic heterocycles. The van der Waals surface area contributed by atoms with E-state index in [0.717, 1.165) is 0 Å². The van der Waals surface area contributed by atoms with Crippen LogP contribution in [-0.2, 0) is 4.74 Å². The van der Waals surface area contributed by atoms with Gasteiger partial charge in [0.25, 0.3) is 0 Å². The Morgan fingerprint density at radius 2 is 2.16 bits per heavy atom. The number of urea groups is 1. The summed E-state index contributed by atoms with van der Waals surface area (Å²) >= 11 is 5.79. The number of nitrogens with two attached hydrogens (primary N) is 1. The lowest BCUT2D eigenvalue weighted by molar-refractivity contribution is 0.0498. The Balaban J connectivity index is 2.47. The predicted molar refractivity (Wildman–Crippen MR) is 70.5 cm³/mol. The molecule has 0 atom stereocenters. The van der Waals surface area contributed by atoms with Gasteiger partial charge in [0.1, 0.15) is 11.3 Å². The fraction of sp³-hybridized carbons (Fsp3) is 0.333. The Bertz CT molecular complexity index is 465. The normalized spacial score (nSPS) is 9.79. The first-order chi connectivity index (χ1) is 9.04. The molecule has 1 aromatic rings. The molecule has 1 aromatic carbocycles. The molecule has 0 aliphatic rings. The molecule has 19 heavy (non-hydrogen) atoms. The van der Waals surface area contributed by atoms with Crippen LogP contribution in [0.4, 0.5) is 4.79 Å². The molecule has 0 bridgehead atoms. The van der Waals surface area contributed by atoms with Crippen LogP contribution >= 0.6 is 11.6 Å². The molecule has 0 aliphatic heterocycles. The molecule has 2 amide bonds. The van der Waals surface area contributed by atoms with Crippen LogP contribution in [0.5, 0.6) is 5.75 Å². The highest BCUT2D eigenvalue weighted by Crippen LogP contribution is 2.23.